The first-order chi connectivity index (χ1) is 9.45. The number of carboxylic acids is 1. The number of carbonyl (C=O) groups is 2. The van der Waals surface area contributed by atoms with Gasteiger partial charge in [0.15, 0.2) is 5.69 Å². The number of amides is 1. The van der Waals surface area contributed by atoms with Gasteiger partial charge in [-0.05, 0) is 13.8 Å². The van der Waals surface area contributed by atoms with E-state index in [1.807, 2.05) is 13.8 Å². The summed E-state index contributed by atoms with van der Waals surface area (Å²) in [7, 11) is 1.47. The molecule has 8 heteroatoms. The lowest BCUT2D eigenvalue weighted by atomic mass is 10.2. The molecule has 0 spiro atoms. The average molecular weight is 277 g/mol. The van der Waals surface area contributed by atoms with Crippen LogP contribution in [0.1, 0.15) is 33.5 Å². The second-order valence-electron chi connectivity index (χ2n) is 4.25. The Bertz CT molecular complexity index is 671. The first kappa shape index (κ1) is 13.8. The molecule has 0 bridgehead atoms. The molecule has 8 nitrogen and oxygen atoms in total. The number of aryl methyl sites for hydroxylation is 2. The van der Waals surface area contributed by atoms with Gasteiger partial charge < -0.3 is 10.4 Å². The molecule has 0 fully saturated rings. The molecule has 2 aromatic heterocycles. The van der Waals surface area contributed by atoms with Crippen molar-refractivity contribution in [3.63, 3.8) is 0 Å². The Balaban J connectivity index is 2.29. The second kappa shape index (κ2) is 5.16. The highest BCUT2D eigenvalue weighted by Gasteiger charge is 2.22. The Labute approximate surface area is 115 Å². The standard InChI is InChI=1S/C12H15N5O3/c1-4-17-7(2)9(6-14-17)15-11(18)8-5-13-16(3)10(8)12(19)20/h5-6H,4H2,1-3H3,(H,15,18)(H,19,20). The topological polar surface area (TPSA) is 102 Å². The van der Waals surface area contributed by atoms with Gasteiger partial charge in [-0.3, -0.25) is 14.2 Å². The Morgan fingerprint density at radius 2 is 2.05 bits per heavy atom. The van der Waals surface area contributed by atoms with Gasteiger partial charge in [0.05, 0.1) is 29.3 Å². The van der Waals surface area contributed by atoms with E-state index in [0.29, 0.717) is 12.2 Å². The molecule has 0 atom stereocenters. The van der Waals surface area contributed by atoms with Gasteiger partial charge in [0.1, 0.15) is 0 Å². The quantitative estimate of drug-likeness (QED) is 0.864. The maximum atomic E-state index is 12.1. The minimum atomic E-state index is -1.20. The molecule has 2 rings (SSSR count). The van der Waals surface area contributed by atoms with Gasteiger partial charge in [-0.2, -0.15) is 10.2 Å². The van der Waals surface area contributed by atoms with Crippen LogP contribution in [0.4, 0.5) is 5.69 Å². The van der Waals surface area contributed by atoms with Crippen LogP contribution in [0.15, 0.2) is 12.4 Å². The van der Waals surface area contributed by atoms with Crippen molar-refractivity contribution in [2.75, 3.05) is 5.32 Å². The summed E-state index contributed by atoms with van der Waals surface area (Å²) in [6, 6.07) is 0. The Morgan fingerprint density at radius 1 is 1.35 bits per heavy atom. The first-order valence-corrected chi connectivity index (χ1v) is 6.04. The zero-order valence-electron chi connectivity index (χ0n) is 11.4. The number of carbonyl (C=O) groups excluding carboxylic acids is 1. The van der Waals surface area contributed by atoms with E-state index in [4.69, 9.17) is 5.11 Å². The van der Waals surface area contributed by atoms with Crippen molar-refractivity contribution < 1.29 is 14.7 Å². The molecule has 1 amide bonds. The van der Waals surface area contributed by atoms with Crippen molar-refractivity contribution in [2.45, 2.75) is 20.4 Å². The van der Waals surface area contributed by atoms with Gasteiger partial charge in [0.25, 0.3) is 5.91 Å². The third-order valence-electron chi connectivity index (χ3n) is 3.04. The van der Waals surface area contributed by atoms with Gasteiger partial charge in [-0.15, -0.1) is 0 Å². The maximum Gasteiger partial charge on any atom is 0.354 e. The number of anilines is 1. The molecule has 0 saturated heterocycles. The lowest BCUT2D eigenvalue weighted by Crippen LogP contribution is -2.17. The van der Waals surface area contributed by atoms with Crippen LogP contribution in [0.2, 0.25) is 0 Å². The van der Waals surface area contributed by atoms with Crippen molar-refractivity contribution in [1.29, 1.82) is 0 Å². The summed E-state index contributed by atoms with van der Waals surface area (Å²) in [6.45, 7) is 4.46. The molecular weight excluding hydrogens is 262 g/mol. The average Bonchev–Trinajstić information content (AvgIpc) is 2.94. The van der Waals surface area contributed by atoms with E-state index in [2.05, 4.69) is 15.5 Å². The lowest BCUT2D eigenvalue weighted by molar-refractivity contribution is 0.0680. The molecule has 0 aliphatic heterocycles. The second-order valence-corrected chi connectivity index (χ2v) is 4.25. The summed E-state index contributed by atoms with van der Waals surface area (Å²) < 4.78 is 2.89. The molecule has 0 radical (unpaired) electrons. The van der Waals surface area contributed by atoms with Crippen molar-refractivity contribution in [3.05, 3.63) is 29.3 Å². The number of aromatic carboxylic acids is 1. The van der Waals surface area contributed by atoms with E-state index in [1.165, 1.54) is 19.4 Å². The van der Waals surface area contributed by atoms with Crippen LogP contribution in [0.5, 0.6) is 0 Å². The summed E-state index contributed by atoms with van der Waals surface area (Å²) in [6.07, 6.45) is 2.77. The van der Waals surface area contributed by atoms with Crippen LogP contribution >= 0.6 is 0 Å². The van der Waals surface area contributed by atoms with Crippen LogP contribution in [-0.4, -0.2) is 36.5 Å². The predicted molar refractivity (Wildman–Crippen MR) is 70.8 cm³/mol. The first-order valence-electron chi connectivity index (χ1n) is 6.04. The molecule has 2 heterocycles. The number of rotatable bonds is 4. The number of aromatic nitrogens is 4. The summed E-state index contributed by atoms with van der Waals surface area (Å²) in [5, 5.41) is 19.6. The fourth-order valence-corrected chi connectivity index (χ4v) is 1.93. The predicted octanol–water partition coefficient (Wildman–Crippen LogP) is 0.895. The minimum absolute atomic E-state index is 0.0173. The third kappa shape index (κ3) is 2.27. The number of hydrogen-bond donors (Lipinski definition) is 2. The van der Waals surface area contributed by atoms with Gasteiger partial charge in [-0.1, -0.05) is 0 Å². The van der Waals surface area contributed by atoms with Crippen molar-refractivity contribution in [2.24, 2.45) is 7.05 Å². The molecule has 0 aliphatic rings. The van der Waals surface area contributed by atoms with E-state index in [0.717, 1.165) is 10.4 Å². The highest BCUT2D eigenvalue weighted by Crippen LogP contribution is 2.16. The summed E-state index contributed by atoms with van der Waals surface area (Å²) in [5.74, 6) is -1.72. The molecule has 2 aromatic rings. The molecule has 0 unspecified atom stereocenters. The molecular formula is C12H15N5O3. The number of nitrogens with zero attached hydrogens (tertiary/aromatic N) is 4. The Hall–Kier alpha value is -2.64. The van der Waals surface area contributed by atoms with Gasteiger partial charge >= 0.3 is 5.97 Å². The molecule has 0 aromatic carbocycles. The van der Waals surface area contributed by atoms with Crippen molar-refractivity contribution in [1.82, 2.24) is 19.6 Å². The highest BCUT2D eigenvalue weighted by molar-refractivity contribution is 6.10. The number of carboxylic acid groups (broad SMARTS) is 1. The van der Waals surface area contributed by atoms with Crippen LogP contribution < -0.4 is 5.32 Å². The van der Waals surface area contributed by atoms with Crippen LogP contribution in [0, 0.1) is 6.92 Å². The smallest absolute Gasteiger partial charge is 0.354 e. The normalized spacial score (nSPS) is 10.6. The molecule has 0 aliphatic carbocycles. The highest BCUT2D eigenvalue weighted by atomic mass is 16.4. The van der Waals surface area contributed by atoms with Crippen LogP contribution in [0.3, 0.4) is 0 Å². The van der Waals surface area contributed by atoms with Crippen molar-refractivity contribution in [3.8, 4) is 0 Å². The lowest BCUT2D eigenvalue weighted by Gasteiger charge is -2.05. The van der Waals surface area contributed by atoms with Crippen molar-refractivity contribution >= 4 is 17.6 Å². The minimum Gasteiger partial charge on any atom is -0.477 e. The number of nitrogens with one attached hydrogen (secondary N) is 1. The van der Waals surface area contributed by atoms with Crippen LogP contribution in [-0.2, 0) is 13.6 Å². The Morgan fingerprint density at radius 3 is 2.60 bits per heavy atom. The fourth-order valence-electron chi connectivity index (χ4n) is 1.93. The fraction of sp³-hybridized carbons (Fsp3) is 0.333. The molecule has 20 heavy (non-hydrogen) atoms. The molecule has 2 N–H and O–H groups in total. The largest absolute Gasteiger partial charge is 0.477 e. The monoisotopic (exact) mass is 277 g/mol. The summed E-state index contributed by atoms with van der Waals surface area (Å²) in [5.41, 5.74) is 1.23. The maximum absolute atomic E-state index is 12.1. The van der Waals surface area contributed by atoms with Crippen LogP contribution in [0.25, 0.3) is 0 Å². The van der Waals surface area contributed by atoms with E-state index < -0.39 is 11.9 Å². The van der Waals surface area contributed by atoms with E-state index in [1.54, 1.807) is 4.68 Å². The summed E-state index contributed by atoms with van der Waals surface area (Å²) in [4.78, 5) is 23.3. The SMILES string of the molecule is CCn1ncc(NC(=O)c2cnn(C)c2C(=O)O)c1C. The molecule has 0 saturated carbocycles. The zero-order valence-corrected chi connectivity index (χ0v) is 11.4. The zero-order chi connectivity index (χ0) is 14.9. The third-order valence-corrected chi connectivity index (χ3v) is 3.04. The van der Waals surface area contributed by atoms with E-state index >= 15 is 0 Å². The van der Waals surface area contributed by atoms with Gasteiger partial charge in [-0.25, -0.2) is 4.79 Å². The van der Waals surface area contributed by atoms with E-state index in [-0.39, 0.29) is 11.3 Å². The van der Waals surface area contributed by atoms with E-state index in [9.17, 15) is 9.59 Å². The van der Waals surface area contributed by atoms with Gasteiger partial charge in [0, 0.05) is 13.6 Å². The number of hydrogen-bond acceptors (Lipinski definition) is 4. The Kier molecular flexibility index (Phi) is 3.55. The summed E-state index contributed by atoms with van der Waals surface area (Å²) >= 11 is 0. The van der Waals surface area contributed by atoms with Gasteiger partial charge in [0.2, 0.25) is 0 Å². The molecule has 106 valence electrons.